The van der Waals surface area contributed by atoms with E-state index in [4.69, 9.17) is 52.6 Å². The van der Waals surface area contributed by atoms with Gasteiger partial charge in [0.05, 0.1) is 31.6 Å². The van der Waals surface area contributed by atoms with Gasteiger partial charge in [-0.15, -0.1) is 22.7 Å². The number of Topliss-reactive ketones (excluding diaryl/α,β-unsaturated/α-hetero) is 2. The first-order valence-corrected chi connectivity index (χ1v) is 31.5. The highest BCUT2D eigenvalue weighted by molar-refractivity contribution is 7.22. The summed E-state index contributed by atoms with van der Waals surface area (Å²) in [5, 5.41) is 2.93. The Kier molecular flexibility index (Phi) is 19.1. The smallest absolute Gasteiger partial charge is 0.226 e. The molecule has 10 rings (SSSR count). The Morgan fingerprint density at radius 1 is 0.560 bits per heavy atom. The number of piperazine rings is 2. The van der Waals surface area contributed by atoms with E-state index in [2.05, 4.69) is 83.2 Å². The van der Waals surface area contributed by atoms with Crippen molar-refractivity contribution in [3.63, 3.8) is 0 Å². The summed E-state index contributed by atoms with van der Waals surface area (Å²) in [4.78, 5) is 65.0. The molecule has 4 aromatic heterocycles. The lowest BCUT2D eigenvalue weighted by molar-refractivity contribution is -0.139. The number of hydrogen-bond acceptors (Lipinski definition) is 16. The quantitative estimate of drug-likeness (QED) is 0.102. The van der Waals surface area contributed by atoms with Gasteiger partial charge in [0.1, 0.15) is 33.6 Å². The third-order valence-corrected chi connectivity index (χ3v) is 18.0. The summed E-state index contributed by atoms with van der Waals surface area (Å²) >= 11 is 15.7. The van der Waals surface area contributed by atoms with Gasteiger partial charge in [0.2, 0.25) is 11.9 Å². The summed E-state index contributed by atoms with van der Waals surface area (Å²) in [6, 6.07) is 25.3. The van der Waals surface area contributed by atoms with Crippen LogP contribution in [0.4, 0.5) is 11.9 Å². The molecular weight excluding hydrogens is 1130 g/mol. The predicted octanol–water partition coefficient (Wildman–Crippen LogP) is 15.5. The van der Waals surface area contributed by atoms with Gasteiger partial charge >= 0.3 is 0 Å². The largest absolute Gasteiger partial charge is 0.360 e. The van der Waals surface area contributed by atoms with Gasteiger partial charge in [-0.2, -0.15) is 0 Å². The van der Waals surface area contributed by atoms with Gasteiger partial charge in [0, 0.05) is 108 Å². The van der Waals surface area contributed by atoms with Crippen molar-refractivity contribution in [2.75, 3.05) is 49.1 Å². The second kappa shape index (κ2) is 25.6. The fourth-order valence-corrected chi connectivity index (χ4v) is 14.0. The van der Waals surface area contributed by atoms with Gasteiger partial charge in [-0.1, -0.05) is 47.5 Å². The van der Waals surface area contributed by atoms with E-state index in [0.29, 0.717) is 34.2 Å². The number of benzene rings is 4. The van der Waals surface area contributed by atoms with E-state index >= 15 is 0 Å². The van der Waals surface area contributed by atoms with Gasteiger partial charge in [-0.05, 0) is 182 Å². The highest BCUT2D eigenvalue weighted by Crippen LogP contribution is 2.47. The Morgan fingerprint density at radius 3 is 1.23 bits per heavy atom. The van der Waals surface area contributed by atoms with Crippen LogP contribution < -0.4 is 9.80 Å². The lowest BCUT2D eigenvalue weighted by Crippen LogP contribution is -2.54. The molecule has 2 saturated heterocycles. The molecule has 4 atom stereocenters. The molecule has 0 unspecified atom stereocenters. The predicted molar refractivity (Wildman–Crippen MR) is 347 cm³/mol. The number of carbonyl (C=O) groups is 2. The molecule has 8 aromatic rings. The first-order valence-electron chi connectivity index (χ1n) is 29.1. The van der Waals surface area contributed by atoms with Crippen molar-refractivity contribution in [1.29, 1.82) is 0 Å². The van der Waals surface area contributed by atoms with Crippen LogP contribution in [-0.4, -0.2) is 126 Å². The van der Waals surface area contributed by atoms with Gasteiger partial charge in [-0.3, -0.25) is 19.4 Å². The monoisotopic (exact) mass is 1210 g/mol. The number of anilines is 2. The van der Waals surface area contributed by atoms with Crippen molar-refractivity contribution in [3.05, 3.63) is 117 Å². The molecule has 0 spiro atoms. The fourth-order valence-electron chi connectivity index (χ4n) is 11.6. The number of nitrogens with zero attached hydrogens (tertiary/aromatic N) is 10. The van der Waals surface area contributed by atoms with Crippen LogP contribution in [-0.2, 0) is 19.1 Å². The van der Waals surface area contributed by atoms with Crippen molar-refractivity contribution in [2.45, 2.75) is 158 Å². The summed E-state index contributed by atoms with van der Waals surface area (Å²) in [5.74, 6) is 1.37. The van der Waals surface area contributed by atoms with Crippen LogP contribution in [0.15, 0.2) is 85.2 Å². The number of ether oxygens (including phenoxy) is 2. The van der Waals surface area contributed by atoms with Crippen LogP contribution in [0, 0.1) is 13.8 Å². The van der Waals surface area contributed by atoms with E-state index in [9.17, 15) is 9.59 Å². The molecule has 0 bridgehead atoms. The van der Waals surface area contributed by atoms with E-state index in [1.807, 2.05) is 128 Å². The zero-order chi connectivity index (χ0) is 60.7. The number of hydrogen-bond donors (Lipinski definition) is 0. The number of rotatable bonds is 14. The van der Waals surface area contributed by atoms with Gasteiger partial charge in [0.15, 0.2) is 11.6 Å². The lowest BCUT2D eigenvalue weighted by Gasteiger charge is -2.42. The molecule has 2 aliphatic heterocycles. The fraction of sp³-hybridized carbons (Fsp3) is 0.455. The Bertz CT molecular complexity index is 3430. The molecule has 4 aromatic carbocycles. The molecule has 0 amide bonds. The lowest BCUT2D eigenvalue weighted by atomic mass is 9.90. The average molecular weight is 1210 g/mol. The standard InChI is InChI=1S/2C33H40ClN5O2S/c2*1-19(2)39-16-15-38(18-21(39)4)32-35-14-13-25(37-32)31-36-26-17-20(3)27(29(22(5)40)41-33(6,7)8)28(30(26)42-31)23-9-11-24(34)12-10-23/h2*9-14,17,19,21,29H,15-16,18H2,1-8H3/t21-,29+;21-,29-/m01/s1. The molecule has 0 aliphatic carbocycles. The maximum absolute atomic E-state index is 13.1. The summed E-state index contributed by atoms with van der Waals surface area (Å²) in [6.07, 6.45) is 2.21. The number of thiazole rings is 2. The first-order chi connectivity index (χ1) is 39.6. The maximum atomic E-state index is 13.1. The van der Waals surface area contributed by atoms with E-state index in [1.54, 1.807) is 36.5 Å². The molecule has 0 saturated carbocycles. The minimum Gasteiger partial charge on any atom is -0.360 e. The summed E-state index contributed by atoms with van der Waals surface area (Å²) in [7, 11) is 0. The third kappa shape index (κ3) is 14.2. The molecule has 18 heteroatoms. The Morgan fingerprint density at radius 2 is 0.917 bits per heavy atom. The minimum absolute atomic E-state index is 0.0421. The third-order valence-electron chi connectivity index (χ3n) is 15.3. The Balaban J connectivity index is 0.000000202. The highest BCUT2D eigenvalue weighted by Gasteiger charge is 2.34. The summed E-state index contributed by atoms with van der Waals surface area (Å²) < 4.78 is 14.7. The zero-order valence-electron chi connectivity index (χ0n) is 51.5. The van der Waals surface area contributed by atoms with E-state index in [0.717, 1.165) is 138 Å². The summed E-state index contributed by atoms with van der Waals surface area (Å²) in [5.41, 5.74) is 9.72. The van der Waals surface area contributed by atoms with Crippen LogP contribution >= 0.6 is 45.9 Å². The molecular formula is C66H80Cl2N10O4S2. The highest BCUT2D eigenvalue weighted by atomic mass is 35.5. The van der Waals surface area contributed by atoms with Gasteiger partial charge in [-0.25, -0.2) is 29.9 Å². The Labute approximate surface area is 514 Å². The van der Waals surface area contributed by atoms with Crippen LogP contribution in [0.1, 0.15) is 131 Å². The Hall–Kier alpha value is -5.82. The van der Waals surface area contributed by atoms with Gasteiger partial charge in [0.25, 0.3) is 0 Å². The second-order valence-electron chi connectivity index (χ2n) is 24.9. The normalized spacial score (nSPS) is 17.3. The topological polar surface area (TPSA) is 143 Å². The SMILES string of the molecule is CC(=O)[C@@H](OC(C)(C)C)c1c(C)cc2nc(-c3ccnc(N4CCN(C(C)C)[C@@H](C)C4)n3)sc2c1-c1ccc(Cl)cc1.CC(=O)[C@@H](OC(C)(C)C)c1c(C)cc2nc(-c3ccnc(N4CCN(C(C)C)[C@H](C)C4)n3)sc2c1-c1ccc(Cl)cc1. The van der Waals surface area contributed by atoms with Crippen molar-refractivity contribution in [3.8, 4) is 43.7 Å². The number of aromatic nitrogens is 6. The first kappa shape index (κ1) is 62.7. The van der Waals surface area contributed by atoms with Crippen LogP contribution in [0.5, 0.6) is 0 Å². The molecule has 444 valence electrons. The van der Waals surface area contributed by atoms with E-state index in [1.165, 1.54) is 0 Å². The minimum atomic E-state index is -0.720. The van der Waals surface area contributed by atoms with Crippen molar-refractivity contribution < 1.29 is 19.1 Å². The molecule has 84 heavy (non-hydrogen) atoms. The zero-order valence-corrected chi connectivity index (χ0v) is 54.6. The number of aryl methyl sites for hydroxylation is 2. The molecule has 2 fully saturated rings. The van der Waals surface area contributed by atoms with Gasteiger partial charge < -0.3 is 19.3 Å². The van der Waals surface area contributed by atoms with Crippen molar-refractivity contribution in [2.24, 2.45) is 0 Å². The van der Waals surface area contributed by atoms with Crippen LogP contribution in [0.3, 0.4) is 0 Å². The number of fused-ring (bicyclic) bond motifs is 2. The number of halogens is 2. The maximum Gasteiger partial charge on any atom is 0.226 e. The van der Waals surface area contributed by atoms with Crippen LogP contribution in [0.25, 0.3) is 64.1 Å². The van der Waals surface area contributed by atoms with E-state index < -0.39 is 23.4 Å². The molecule has 0 radical (unpaired) electrons. The number of carbonyl (C=O) groups excluding carboxylic acids is 2. The van der Waals surface area contributed by atoms with Crippen molar-refractivity contribution in [1.82, 2.24) is 39.7 Å². The molecule has 2 aliphatic rings. The molecule has 0 N–H and O–H groups in total. The molecule has 14 nitrogen and oxygen atoms in total. The van der Waals surface area contributed by atoms with Crippen molar-refractivity contribution >= 4 is 89.8 Å². The van der Waals surface area contributed by atoms with Crippen LogP contribution in [0.2, 0.25) is 10.0 Å². The second-order valence-corrected chi connectivity index (χ2v) is 27.8. The number of ketones is 2. The molecule has 6 heterocycles. The summed E-state index contributed by atoms with van der Waals surface area (Å²) in [6.45, 7) is 38.1. The average Bonchev–Trinajstić information content (AvgIpc) is 1.92. The van der Waals surface area contributed by atoms with E-state index in [-0.39, 0.29) is 11.6 Å².